The summed E-state index contributed by atoms with van der Waals surface area (Å²) < 4.78 is 5.65. The second-order valence-electron chi connectivity index (χ2n) is 4.24. The summed E-state index contributed by atoms with van der Waals surface area (Å²) in [5.74, 6) is 0.810. The van der Waals surface area contributed by atoms with Gasteiger partial charge in [0.15, 0.2) is 5.75 Å². The molecule has 0 aliphatic rings. The van der Waals surface area contributed by atoms with Crippen molar-refractivity contribution in [3.63, 3.8) is 0 Å². The van der Waals surface area contributed by atoms with Crippen LogP contribution >= 0.6 is 0 Å². The van der Waals surface area contributed by atoms with Crippen LogP contribution in [0.1, 0.15) is 23.7 Å². The third kappa shape index (κ3) is 2.83. The van der Waals surface area contributed by atoms with Crippen molar-refractivity contribution in [3.8, 4) is 17.7 Å². The van der Waals surface area contributed by atoms with Crippen molar-refractivity contribution in [1.82, 2.24) is 4.98 Å². The molecule has 1 heterocycles. The smallest absolute Gasteiger partial charge is 0.237 e. The first-order chi connectivity index (χ1) is 9.13. The van der Waals surface area contributed by atoms with Crippen LogP contribution in [0, 0.1) is 18.3 Å². The monoisotopic (exact) mass is 253 g/mol. The van der Waals surface area contributed by atoms with Gasteiger partial charge in [0.25, 0.3) is 0 Å². The number of nitrogens with zero attached hydrogens (tertiary/aromatic N) is 2. The van der Waals surface area contributed by atoms with E-state index in [0.29, 0.717) is 22.9 Å². The van der Waals surface area contributed by atoms with Crippen LogP contribution in [0.2, 0.25) is 0 Å². The number of pyridine rings is 1. The average molecular weight is 253 g/mol. The van der Waals surface area contributed by atoms with Crippen LogP contribution in [0.25, 0.3) is 0 Å². The molecule has 2 rings (SSSR count). The average Bonchev–Trinajstić information content (AvgIpc) is 2.41. The number of benzene rings is 1. The number of nitrogen functional groups attached to an aromatic ring is 1. The SMILES string of the molecule is CCc1ccc(Oc2nc(C)ccc2C#N)c(N)c1. The molecule has 0 aliphatic heterocycles. The zero-order valence-corrected chi connectivity index (χ0v) is 11.0. The summed E-state index contributed by atoms with van der Waals surface area (Å²) in [6, 6.07) is 11.1. The van der Waals surface area contributed by atoms with Gasteiger partial charge in [-0.2, -0.15) is 5.26 Å². The van der Waals surface area contributed by atoms with E-state index in [-0.39, 0.29) is 0 Å². The van der Waals surface area contributed by atoms with Crippen LogP contribution in [0.5, 0.6) is 11.6 Å². The van der Waals surface area contributed by atoms with Gasteiger partial charge in [-0.3, -0.25) is 0 Å². The number of rotatable bonds is 3. The minimum Gasteiger partial charge on any atom is -0.436 e. The number of ether oxygens (including phenoxy) is 1. The summed E-state index contributed by atoms with van der Waals surface area (Å²) in [5.41, 5.74) is 8.81. The molecule has 1 aromatic carbocycles. The lowest BCUT2D eigenvalue weighted by molar-refractivity contribution is 0.462. The summed E-state index contributed by atoms with van der Waals surface area (Å²) in [5, 5.41) is 9.04. The van der Waals surface area contributed by atoms with Crippen molar-refractivity contribution in [3.05, 3.63) is 47.2 Å². The maximum Gasteiger partial charge on any atom is 0.237 e. The second-order valence-corrected chi connectivity index (χ2v) is 4.24. The van der Waals surface area contributed by atoms with Crippen LogP contribution in [0.4, 0.5) is 5.69 Å². The fourth-order valence-corrected chi connectivity index (χ4v) is 1.71. The summed E-state index contributed by atoms with van der Waals surface area (Å²) in [7, 11) is 0. The highest BCUT2D eigenvalue weighted by Crippen LogP contribution is 2.29. The lowest BCUT2D eigenvalue weighted by Crippen LogP contribution is -1.97. The van der Waals surface area contributed by atoms with Gasteiger partial charge in [-0.15, -0.1) is 0 Å². The van der Waals surface area contributed by atoms with E-state index in [1.54, 1.807) is 18.2 Å². The van der Waals surface area contributed by atoms with Crippen molar-refractivity contribution < 1.29 is 4.74 Å². The Morgan fingerprint density at radius 1 is 1.32 bits per heavy atom. The molecule has 0 unspecified atom stereocenters. The van der Waals surface area contributed by atoms with Crippen molar-refractivity contribution in [1.29, 1.82) is 5.26 Å². The Hall–Kier alpha value is -2.54. The zero-order chi connectivity index (χ0) is 13.8. The van der Waals surface area contributed by atoms with Gasteiger partial charge >= 0.3 is 0 Å². The Balaban J connectivity index is 2.36. The van der Waals surface area contributed by atoms with Crippen molar-refractivity contribution in [2.45, 2.75) is 20.3 Å². The number of nitriles is 1. The Morgan fingerprint density at radius 3 is 2.74 bits per heavy atom. The molecule has 0 spiro atoms. The number of aryl methyl sites for hydroxylation is 2. The molecule has 19 heavy (non-hydrogen) atoms. The fraction of sp³-hybridized carbons (Fsp3) is 0.200. The molecule has 0 aliphatic carbocycles. The quantitative estimate of drug-likeness (QED) is 0.852. The molecule has 4 nitrogen and oxygen atoms in total. The van der Waals surface area contributed by atoms with Gasteiger partial charge in [0.05, 0.1) is 5.69 Å². The Labute approximate surface area is 112 Å². The van der Waals surface area contributed by atoms with Gasteiger partial charge in [0, 0.05) is 5.69 Å². The second kappa shape index (κ2) is 5.40. The summed E-state index contributed by atoms with van der Waals surface area (Å²) in [6.45, 7) is 3.91. The molecular weight excluding hydrogens is 238 g/mol. The van der Waals surface area contributed by atoms with Crippen LogP contribution in [0.15, 0.2) is 30.3 Å². The molecule has 0 saturated heterocycles. The third-order valence-electron chi connectivity index (χ3n) is 2.81. The summed E-state index contributed by atoms with van der Waals surface area (Å²) in [4.78, 5) is 4.22. The van der Waals surface area contributed by atoms with Gasteiger partial charge in [-0.1, -0.05) is 13.0 Å². The van der Waals surface area contributed by atoms with E-state index in [4.69, 9.17) is 15.7 Å². The minimum atomic E-state index is 0.290. The third-order valence-corrected chi connectivity index (χ3v) is 2.81. The topological polar surface area (TPSA) is 71.9 Å². The van der Waals surface area contributed by atoms with Gasteiger partial charge in [-0.25, -0.2) is 4.98 Å². The van der Waals surface area contributed by atoms with E-state index in [1.807, 2.05) is 19.1 Å². The minimum absolute atomic E-state index is 0.290. The first kappa shape index (κ1) is 12.9. The largest absolute Gasteiger partial charge is 0.436 e. The normalized spacial score (nSPS) is 9.95. The first-order valence-electron chi connectivity index (χ1n) is 6.08. The molecule has 4 heteroatoms. The number of hydrogen-bond acceptors (Lipinski definition) is 4. The Morgan fingerprint density at radius 2 is 2.11 bits per heavy atom. The molecule has 0 bridgehead atoms. The van der Waals surface area contributed by atoms with E-state index in [0.717, 1.165) is 17.7 Å². The van der Waals surface area contributed by atoms with Crippen molar-refractivity contribution in [2.75, 3.05) is 5.73 Å². The molecule has 96 valence electrons. The van der Waals surface area contributed by atoms with Crippen LogP contribution in [-0.4, -0.2) is 4.98 Å². The Bertz CT molecular complexity index is 644. The Kier molecular flexibility index (Phi) is 3.67. The van der Waals surface area contributed by atoms with Crippen LogP contribution in [0.3, 0.4) is 0 Å². The number of aromatic nitrogens is 1. The molecule has 0 amide bonds. The molecule has 2 N–H and O–H groups in total. The molecule has 0 fully saturated rings. The molecule has 0 radical (unpaired) electrons. The van der Waals surface area contributed by atoms with Crippen molar-refractivity contribution >= 4 is 5.69 Å². The molecule has 0 saturated carbocycles. The maximum atomic E-state index is 9.04. The van der Waals surface area contributed by atoms with Crippen molar-refractivity contribution in [2.24, 2.45) is 0 Å². The molecule has 0 atom stereocenters. The molecule has 2 aromatic rings. The lowest BCUT2D eigenvalue weighted by Gasteiger charge is -2.10. The highest BCUT2D eigenvalue weighted by molar-refractivity contribution is 5.56. The first-order valence-corrected chi connectivity index (χ1v) is 6.08. The van der Waals surface area contributed by atoms with E-state index in [1.165, 1.54) is 0 Å². The van der Waals surface area contributed by atoms with Gasteiger partial charge in [0.1, 0.15) is 11.6 Å². The fourth-order valence-electron chi connectivity index (χ4n) is 1.71. The summed E-state index contributed by atoms with van der Waals surface area (Å²) in [6.07, 6.45) is 0.913. The van der Waals surface area contributed by atoms with E-state index >= 15 is 0 Å². The predicted octanol–water partition coefficient (Wildman–Crippen LogP) is 3.20. The van der Waals surface area contributed by atoms with Gasteiger partial charge in [0.2, 0.25) is 5.88 Å². The lowest BCUT2D eigenvalue weighted by atomic mass is 10.1. The van der Waals surface area contributed by atoms with E-state index < -0.39 is 0 Å². The predicted molar refractivity (Wildman–Crippen MR) is 74.0 cm³/mol. The van der Waals surface area contributed by atoms with E-state index in [2.05, 4.69) is 18.0 Å². The number of nitrogens with two attached hydrogens (primary N) is 1. The molecule has 1 aromatic heterocycles. The van der Waals surface area contributed by atoms with E-state index in [9.17, 15) is 0 Å². The van der Waals surface area contributed by atoms with Gasteiger partial charge < -0.3 is 10.5 Å². The number of anilines is 1. The standard InChI is InChI=1S/C15H15N3O/c1-3-11-5-7-14(13(17)8-11)19-15-12(9-16)6-4-10(2)18-15/h4-8H,3,17H2,1-2H3. The van der Waals surface area contributed by atoms with Crippen LogP contribution in [-0.2, 0) is 6.42 Å². The maximum absolute atomic E-state index is 9.04. The van der Waals surface area contributed by atoms with Gasteiger partial charge in [-0.05, 0) is 43.2 Å². The highest BCUT2D eigenvalue weighted by atomic mass is 16.5. The highest BCUT2D eigenvalue weighted by Gasteiger charge is 2.09. The number of hydrogen-bond donors (Lipinski definition) is 1. The zero-order valence-electron chi connectivity index (χ0n) is 11.0. The molecular formula is C15H15N3O. The summed E-state index contributed by atoms with van der Waals surface area (Å²) >= 11 is 0. The van der Waals surface area contributed by atoms with Crippen LogP contribution < -0.4 is 10.5 Å².